The Labute approximate surface area is 112 Å². The molecule has 18 heavy (non-hydrogen) atoms. The maximum Gasteiger partial charge on any atom is 0.0472 e. The van der Waals surface area contributed by atoms with Crippen molar-refractivity contribution in [2.24, 2.45) is 5.41 Å². The maximum absolute atomic E-state index is 5.56. The first-order valence-electron chi connectivity index (χ1n) is 7.79. The van der Waals surface area contributed by atoms with E-state index in [4.69, 9.17) is 4.74 Å². The molecule has 0 spiro atoms. The Balaban J connectivity index is 1.89. The summed E-state index contributed by atoms with van der Waals surface area (Å²) in [5.74, 6) is 0. The zero-order valence-electron chi connectivity index (χ0n) is 12.0. The highest BCUT2D eigenvalue weighted by molar-refractivity contribution is 4.87. The third kappa shape index (κ3) is 4.22. The third-order valence-electron chi connectivity index (χ3n) is 4.61. The lowest BCUT2D eigenvalue weighted by molar-refractivity contribution is -0.00459. The summed E-state index contributed by atoms with van der Waals surface area (Å²) in [4.78, 5) is 2.72. The summed E-state index contributed by atoms with van der Waals surface area (Å²) in [7, 11) is 2.09. The first kappa shape index (κ1) is 14.3. The summed E-state index contributed by atoms with van der Waals surface area (Å²) in [5, 5.41) is 3.41. The van der Waals surface area contributed by atoms with Gasteiger partial charge in [0.25, 0.3) is 0 Å². The summed E-state index contributed by atoms with van der Waals surface area (Å²) in [6, 6.07) is 0. The zero-order valence-corrected chi connectivity index (χ0v) is 12.0. The molecule has 2 aliphatic rings. The van der Waals surface area contributed by atoms with Crippen LogP contribution in [0.25, 0.3) is 0 Å². The standard InChI is InChI=1S/C15H30N2O/c1-16-13-15(7-11-18-12-8-15)14-17-9-5-3-2-4-6-10-17/h16H,2-14H2,1H3. The van der Waals surface area contributed by atoms with E-state index in [0.717, 1.165) is 19.8 Å². The van der Waals surface area contributed by atoms with Gasteiger partial charge < -0.3 is 15.0 Å². The molecule has 0 amide bonds. The van der Waals surface area contributed by atoms with Gasteiger partial charge in [-0.2, -0.15) is 0 Å². The largest absolute Gasteiger partial charge is 0.381 e. The highest BCUT2D eigenvalue weighted by Crippen LogP contribution is 2.31. The van der Waals surface area contributed by atoms with Gasteiger partial charge in [-0.05, 0) is 51.2 Å². The van der Waals surface area contributed by atoms with Crippen LogP contribution in [0.4, 0.5) is 0 Å². The Kier molecular flexibility index (Phi) is 5.93. The number of hydrogen-bond acceptors (Lipinski definition) is 3. The second kappa shape index (κ2) is 7.46. The summed E-state index contributed by atoms with van der Waals surface area (Å²) in [6.45, 7) is 6.95. The number of nitrogens with zero attached hydrogens (tertiary/aromatic N) is 1. The molecule has 0 bridgehead atoms. The average Bonchev–Trinajstić information content (AvgIpc) is 2.34. The predicted octanol–water partition coefficient (Wildman–Crippen LogP) is 2.27. The molecule has 2 aliphatic heterocycles. The van der Waals surface area contributed by atoms with Gasteiger partial charge in [-0.15, -0.1) is 0 Å². The van der Waals surface area contributed by atoms with Gasteiger partial charge in [0, 0.05) is 26.3 Å². The Morgan fingerprint density at radius 2 is 1.61 bits per heavy atom. The van der Waals surface area contributed by atoms with Crippen molar-refractivity contribution in [3.05, 3.63) is 0 Å². The maximum atomic E-state index is 5.56. The molecule has 106 valence electrons. The fourth-order valence-electron chi connectivity index (χ4n) is 3.52. The van der Waals surface area contributed by atoms with Gasteiger partial charge in [-0.3, -0.25) is 0 Å². The molecule has 0 radical (unpaired) electrons. The van der Waals surface area contributed by atoms with E-state index in [0.29, 0.717) is 5.41 Å². The number of nitrogens with one attached hydrogen (secondary N) is 1. The van der Waals surface area contributed by atoms with Crippen LogP contribution >= 0.6 is 0 Å². The van der Waals surface area contributed by atoms with E-state index < -0.39 is 0 Å². The molecule has 2 heterocycles. The molecule has 2 saturated heterocycles. The molecule has 0 saturated carbocycles. The van der Waals surface area contributed by atoms with Crippen molar-refractivity contribution in [1.82, 2.24) is 10.2 Å². The molecule has 0 aliphatic carbocycles. The Bertz CT molecular complexity index is 213. The first-order chi connectivity index (χ1) is 8.85. The van der Waals surface area contributed by atoms with Gasteiger partial charge in [0.05, 0.1) is 0 Å². The fraction of sp³-hybridized carbons (Fsp3) is 1.00. The van der Waals surface area contributed by atoms with Crippen LogP contribution in [0.15, 0.2) is 0 Å². The van der Waals surface area contributed by atoms with Crippen LogP contribution in [-0.2, 0) is 4.74 Å². The SMILES string of the molecule is CNCC1(CN2CCCCCCC2)CCOCC1. The lowest BCUT2D eigenvalue weighted by Gasteiger charge is -2.41. The summed E-state index contributed by atoms with van der Waals surface area (Å²) in [6.07, 6.45) is 9.55. The molecule has 0 aromatic heterocycles. The van der Waals surface area contributed by atoms with E-state index in [1.165, 1.54) is 64.6 Å². The summed E-state index contributed by atoms with van der Waals surface area (Å²) >= 11 is 0. The van der Waals surface area contributed by atoms with Gasteiger partial charge in [-0.25, -0.2) is 0 Å². The number of hydrogen-bond donors (Lipinski definition) is 1. The quantitative estimate of drug-likeness (QED) is 0.833. The zero-order chi connectivity index (χ0) is 12.7. The Morgan fingerprint density at radius 1 is 1.00 bits per heavy atom. The highest BCUT2D eigenvalue weighted by atomic mass is 16.5. The second-order valence-corrected chi connectivity index (χ2v) is 6.19. The Morgan fingerprint density at radius 3 is 2.22 bits per heavy atom. The van der Waals surface area contributed by atoms with Crippen molar-refractivity contribution in [2.75, 3.05) is 46.4 Å². The number of likely N-dealkylation sites (tertiary alicyclic amines) is 1. The van der Waals surface area contributed by atoms with Gasteiger partial charge >= 0.3 is 0 Å². The number of rotatable bonds is 4. The molecule has 2 rings (SSSR count). The molecule has 3 heteroatoms. The molecule has 2 fully saturated rings. The predicted molar refractivity (Wildman–Crippen MR) is 75.9 cm³/mol. The van der Waals surface area contributed by atoms with Crippen LogP contribution in [0, 0.1) is 5.41 Å². The van der Waals surface area contributed by atoms with Crippen molar-refractivity contribution < 1.29 is 4.74 Å². The average molecular weight is 254 g/mol. The van der Waals surface area contributed by atoms with Crippen LogP contribution in [0.2, 0.25) is 0 Å². The third-order valence-corrected chi connectivity index (χ3v) is 4.61. The molecule has 0 aromatic rings. The van der Waals surface area contributed by atoms with E-state index in [9.17, 15) is 0 Å². The second-order valence-electron chi connectivity index (χ2n) is 6.19. The molecule has 0 aromatic carbocycles. The van der Waals surface area contributed by atoms with Crippen LogP contribution < -0.4 is 5.32 Å². The minimum Gasteiger partial charge on any atom is -0.381 e. The molecule has 0 unspecified atom stereocenters. The van der Waals surface area contributed by atoms with Crippen LogP contribution in [0.3, 0.4) is 0 Å². The molecule has 1 N–H and O–H groups in total. The van der Waals surface area contributed by atoms with Crippen molar-refractivity contribution in [2.45, 2.75) is 44.9 Å². The minimum absolute atomic E-state index is 0.464. The monoisotopic (exact) mass is 254 g/mol. The van der Waals surface area contributed by atoms with Crippen LogP contribution in [0.1, 0.15) is 44.9 Å². The fourth-order valence-corrected chi connectivity index (χ4v) is 3.52. The lowest BCUT2D eigenvalue weighted by atomic mass is 9.79. The molecular weight excluding hydrogens is 224 g/mol. The normalized spacial score (nSPS) is 26.5. The molecular formula is C15H30N2O. The van der Waals surface area contributed by atoms with Crippen molar-refractivity contribution >= 4 is 0 Å². The summed E-state index contributed by atoms with van der Waals surface area (Å²) in [5.41, 5.74) is 0.464. The van der Waals surface area contributed by atoms with E-state index in [1.807, 2.05) is 0 Å². The first-order valence-corrected chi connectivity index (χ1v) is 7.79. The van der Waals surface area contributed by atoms with Crippen molar-refractivity contribution in [3.8, 4) is 0 Å². The van der Waals surface area contributed by atoms with Gasteiger partial charge in [0.1, 0.15) is 0 Å². The van der Waals surface area contributed by atoms with E-state index >= 15 is 0 Å². The lowest BCUT2D eigenvalue weighted by Crippen LogP contribution is -2.47. The Hall–Kier alpha value is -0.120. The van der Waals surface area contributed by atoms with Crippen LogP contribution in [-0.4, -0.2) is 51.3 Å². The van der Waals surface area contributed by atoms with Gasteiger partial charge in [0.15, 0.2) is 0 Å². The highest BCUT2D eigenvalue weighted by Gasteiger charge is 2.33. The van der Waals surface area contributed by atoms with Crippen LogP contribution in [0.5, 0.6) is 0 Å². The topological polar surface area (TPSA) is 24.5 Å². The van der Waals surface area contributed by atoms with Gasteiger partial charge in [-0.1, -0.05) is 19.3 Å². The van der Waals surface area contributed by atoms with E-state index in [1.54, 1.807) is 0 Å². The van der Waals surface area contributed by atoms with Crippen molar-refractivity contribution in [1.29, 1.82) is 0 Å². The van der Waals surface area contributed by atoms with E-state index in [2.05, 4.69) is 17.3 Å². The smallest absolute Gasteiger partial charge is 0.0472 e. The molecule has 0 atom stereocenters. The minimum atomic E-state index is 0.464. The van der Waals surface area contributed by atoms with Gasteiger partial charge in [0.2, 0.25) is 0 Å². The summed E-state index contributed by atoms with van der Waals surface area (Å²) < 4.78 is 5.56. The van der Waals surface area contributed by atoms with Crippen molar-refractivity contribution in [3.63, 3.8) is 0 Å². The number of ether oxygens (including phenoxy) is 1. The molecule has 3 nitrogen and oxygen atoms in total. The van der Waals surface area contributed by atoms with E-state index in [-0.39, 0.29) is 0 Å².